The molecule has 0 radical (unpaired) electrons. The minimum atomic E-state index is -0.185. The molecule has 1 heterocycles. The second kappa shape index (κ2) is 5.57. The molecule has 4 aromatic carbocycles. The number of rotatable bonds is 1. The standard InChI is InChI=1S/C27H21NO/c1-27(2)24-20-11-7-5-9-18(20)15-28-26(24)23-21(29-3)14-17-13-12-16-8-4-6-10-19(16)22(17)25(23)27/h4-15H,1-3H3. The second-order valence-corrected chi connectivity index (χ2v) is 8.41. The summed E-state index contributed by atoms with van der Waals surface area (Å²) in [7, 11) is 1.76. The molecule has 0 atom stereocenters. The van der Waals surface area contributed by atoms with Gasteiger partial charge in [0.1, 0.15) is 5.75 Å². The molecule has 0 saturated carbocycles. The third-order valence-electron chi connectivity index (χ3n) is 6.50. The summed E-state index contributed by atoms with van der Waals surface area (Å²) in [4.78, 5) is 4.94. The highest BCUT2D eigenvalue weighted by atomic mass is 16.5. The van der Waals surface area contributed by atoms with E-state index in [9.17, 15) is 0 Å². The molecule has 1 aliphatic rings. The number of ether oxygens (including phenoxy) is 1. The first-order chi connectivity index (χ1) is 14.1. The topological polar surface area (TPSA) is 22.1 Å². The lowest BCUT2D eigenvalue weighted by molar-refractivity contribution is 0.416. The SMILES string of the molecule is COc1cc2ccc3ccccc3c2c2c1-c1ncc3ccccc3c1C2(C)C. The van der Waals surface area contributed by atoms with Crippen molar-refractivity contribution < 1.29 is 4.74 Å². The maximum atomic E-state index is 5.90. The Labute approximate surface area is 169 Å². The molecule has 0 saturated heterocycles. The van der Waals surface area contributed by atoms with Crippen molar-refractivity contribution in [2.24, 2.45) is 0 Å². The molecule has 2 heteroatoms. The van der Waals surface area contributed by atoms with Gasteiger partial charge in [-0.25, -0.2) is 0 Å². The summed E-state index contributed by atoms with van der Waals surface area (Å²) in [5.74, 6) is 0.900. The third-order valence-corrected chi connectivity index (χ3v) is 6.50. The summed E-state index contributed by atoms with van der Waals surface area (Å²) in [5.41, 5.74) is 4.62. The zero-order valence-corrected chi connectivity index (χ0v) is 16.8. The molecule has 0 bridgehead atoms. The first-order valence-electron chi connectivity index (χ1n) is 10.0. The van der Waals surface area contributed by atoms with E-state index in [-0.39, 0.29) is 5.41 Å². The summed E-state index contributed by atoms with van der Waals surface area (Å²) in [5, 5.41) is 7.52. The summed E-state index contributed by atoms with van der Waals surface area (Å²) < 4.78 is 5.90. The van der Waals surface area contributed by atoms with E-state index < -0.39 is 0 Å². The molecule has 0 fully saturated rings. The van der Waals surface area contributed by atoms with Gasteiger partial charge in [0.15, 0.2) is 0 Å². The number of methoxy groups -OCH3 is 1. The van der Waals surface area contributed by atoms with Gasteiger partial charge in [0.25, 0.3) is 0 Å². The van der Waals surface area contributed by atoms with E-state index in [1.165, 1.54) is 43.4 Å². The van der Waals surface area contributed by atoms with Crippen molar-refractivity contribution in [3.05, 3.63) is 84.1 Å². The molecule has 0 spiro atoms. The minimum absolute atomic E-state index is 0.185. The van der Waals surface area contributed by atoms with E-state index in [1.54, 1.807) is 7.11 Å². The van der Waals surface area contributed by atoms with Gasteiger partial charge < -0.3 is 4.74 Å². The average Bonchev–Trinajstić information content (AvgIpc) is 3.00. The molecule has 6 rings (SSSR count). The van der Waals surface area contributed by atoms with Gasteiger partial charge in [-0.2, -0.15) is 0 Å². The Morgan fingerprint density at radius 1 is 0.759 bits per heavy atom. The smallest absolute Gasteiger partial charge is 0.129 e. The quantitative estimate of drug-likeness (QED) is 0.299. The first-order valence-corrected chi connectivity index (χ1v) is 10.0. The van der Waals surface area contributed by atoms with Gasteiger partial charge in [-0.1, -0.05) is 74.5 Å². The lowest BCUT2D eigenvalue weighted by atomic mass is 9.78. The average molecular weight is 375 g/mol. The van der Waals surface area contributed by atoms with Gasteiger partial charge in [-0.3, -0.25) is 4.98 Å². The monoisotopic (exact) mass is 375 g/mol. The van der Waals surface area contributed by atoms with Crippen LogP contribution < -0.4 is 4.74 Å². The number of pyridine rings is 1. The summed E-state index contributed by atoms with van der Waals surface area (Å²) in [6.45, 7) is 4.65. The Bertz CT molecular complexity index is 1460. The van der Waals surface area contributed by atoms with Gasteiger partial charge in [0, 0.05) is 22.6 Å². The van der Waals surface area contributed by atoms with E-state index in [0.29, 0.717) is 0 Å². The number of aromatic nitrogens is 1. The highest BCUT2D eigenvalue weighted by Gasteiger charge is 2.41. The Morgan fingerprint density at radius 3 is 2.24 bits per heavy atom. The van der Waals surface area contributed by atoms with E-state index in [2.05, 4.69) is 80.6 Å². The van der Waals surface area contributed by atoms with Crippen molar-refractivity contribution in [2.75, 3.05) is 7.11 Å². The largest absolute Gasteiger partial charge is 0.496 e. The fourth-order valence-corrected chi connectivity index (χ4v) is 5.28. The minimum Gasteiger partial charge on any atom is -0.496 e. The summed E-state index contributed by atoms with van der Waals surface area (Å²) >= 11 is 0. The number of nitrogens with zero attached hydrogens (tertiary/aromatic N) is 1. The Hall–Kier alpha value is -3.39. The van der Waals surface area contributed by atoms with Crippen molar-refractivity contribution in [2.45, 2.75) is 19.3 Å². The van der Waals surface area contributed by atoms with E-state index in [4.69, 9.17) is 9.72 Å². The highest BCUT2D eigenvalue weighted by molar-refractivity contribution is 6.14. The third kappa shape index (κ3) is 2.04. The maximum absolute atomic E-state index is 5.90. The highest BCUT2D eigenvalue weighted by Crippen LogP contribution is 2.56. The van der Waals surface area contributed by atoms with Crippen LogP contribution in [0.1, 0.15) is 25.0 Å². The van der Waals surface area contributed by atoms with E-state index >= 15 is 0 Å². The first kappa shape index (κ1) is 16.6. The molecule has 2 nitrogen and oxygen atoms in total. The zero-order valence-electron chi connectivity index (χ0n) is 16.8. The number of fused-ring (bicyclic) bond motifs is 9. The Kier molecular flexibility index (Phi) is 3.18. The van der Waals surface area contributed by atoms with Gasteiger partial charge in [-0.15, -0.1) is 0 Å². The van der Waals surface area contributed by atoms with Crippen molar-refractivity contribution in [3.8, 4) is 17.0 Å². The molecule has 1 aliphatic carbocycles. The molecule has 5 aromatic rings. The molecule has 0 amide bonds. The Balaban J connectivity index is 1.88. The molecule has 140 valence electrons. The van der Waals surface area contributed by atoms with E-state index in [1.807, 2.05) is 6.20 Å². The van der Waals surface area contributed by atoms with Crippen molar-refractivity contribution in [1.29, 1.82) is 0 Å². The lowest BCUT2D eigenvalue weighted by Gasteiger charge is -2.25. The fraction of sp³-hybridized carbons (Fsp3) is 0.148. The Morgan fingerprint density at radius 2 is 1.45 bits per heavy atom. The van der Waals surface area contributed by atoms with Crippen LogP contribution in [-0.4, -0.2) is 12.1 Å². The zero-order chi connectivity index (χ0) is 19.8. The maximum Gasteiger partial charge on any atom is 0.129 e. The summed E-state index contributed by atoms with van der Waals surface area (Å²) in [6.07, 6.45) is 1.99. The van der Waals surface area contributed by atoms with Crippen LogP contribution in [0.3, 0.4) is 0 Å². The van der Waals surface area contributed by atoms with Crippen molar-refractivity contribution in [3.63, 3.8) is 0 Å². The van der Waals surface area contributed by atoms with Gasteiger partial charge in [0.05, 0.1) is 12.8 Å². The number of hydrogen-bond acceptors (Lipinski definition) is 2. The van der Waals surface area contributed by atoms with Crippen LogP contribution in [0, 0.1) is 0 Å². The van der Waals surface area contributed by atoms with Crippen LogP contribution in [0.25, 0.3) is 43.6 Å². The second-order valence-electron chi connectivity index (χ2n) is 8.41. The number of hydrogen-bond donors (Lipinski definition) is 0. The van der Waals surface area contributed by atoms with Gasteiger partial charge >= 0.3 is 0 Å². The predicted octanol–water partition coefficient (Wildman–Crippen LogP) is 6.86. The normalized spacial score (nSPS) is 14.3. The fourth-order valence-electron chi connectivity index (χ4n) is 5.28. The van der Waals surface area contributed by atoms with Crippen LogP contribution in [-0.2, 0) is 5.41 Å². The van der Waals surface area contributed by atoms with Crippen LogP contribution >= 0.6 is 0 Å². The van der Waals surface area contributed by atoms with Crippen molar-refractivity contribution in [1.82, 2.24) is 4.98 Å². The van der Waals surface area contributed by atoms with Crippen LogP contribution in [0.4, 0.5) is 0 Å². The van der Waals surface area contributed by atoms with Gasteiger partial charge in [-0.05, 0) is 44.1 Å². The van der Waals surface area contributed by atoms with E-state index in [0.717, 1.165) is 17.0 Å². The lowest BCUT2D eigenvalue weighted by Crippen LogP contribution is -2.16. The predicted molar refractivity (Wildman–Crippen MR) is 121 cm³/mol. The molecule has 0 unspecified atom stereocenters. The molecule has 29 heavy (non-hydrogen) atoms. The van der Waals surface area contributed by atoms with Crippen LogP contribution in [0.5, 0.6) is 5.75 Å². The van der Waals surface area contributed by atoms with Crippen LogP contribution in [0.15, 0.2) is 72.9 Å². The molecular formula is C27H21NO. The molecular weight excluding hydrogens is 354 g/mol. The molecule has 1 aromatic heterocycles. The molecule has 0 aliphatic heterocycles. The molecule has 0 N–H and O–H groups in total. The van der Waals surface area contributed by atoms with Gasteiger partial charge in [0.2, 0.25) is 0 Å². The summed E-state index contributed by atoms with van der Waals surface area (Å²) in [6, 6.07) is 23.8. The number of benzene rings is 4. The van der Waals surface area contributed by atoms with Crippen LogP contribution in [0.2, 0.25) is 0 Å². The van der Waals surface area contributed by atoms with Crippen molar-refractivity contribution >= 4 is 32.3 Å².